The molecule has 0 aliphatic carbocycles. The molecule has 42 heavy (non-hydrogen) atoms. The van der Waals surface area contributed by atoms with Crippen LogP contribution in [0.4, 0.5) is 10.5 Å². The molecule has 1 atom stereocenters. The molecule has 1 aliphatic rings. The number of fused-ring (bicyclic) bond motifs is 1. The predicted octanol–water partition coefficient (Wildman–Crippen LogP) is 5.37. The van der Waals surface area contributed by atoms with Crippen molar-refractivity contribution in [3.8, 4) is 17.2 Å². The highest BCUT2D eigenvalue weighted by atomic mass is 35.5. The maximum atomic E-state index is 14.1. The van der Waals surface area contributed by atoms with Gasteiger partial charge in [-0.15, -0.1) is 0 Å². The number of carbonyl (C=O) groups is 1. The van der Waals surface area contributed by atoms with Crippen molar-refractivity contribution in [3.63, 3.8) is 0 Å². The monoisotopic (exact) mass is 611 g/mol. The van der Waals surface area contributed by atoms with E-state index < -0.39 is 12.1 Å². The molecular weight excluding hydrogens is 581 g/mol. The van der Waals surface area contributed by atoms with Crippen LogP contribution in [-0.4, -0.2) is 68.1 Å². The number of halogens is 2. The summed E-state index contributed by atoms with van der Waals surface area (Å²) in [6, 6.07) is 15.8. The second kappa shape index (κ2) is 12.5. The van der Waals surface area contributed by atoms with Gasteiger partial charge in [0.1, 0.15) is 17.2 Å². The summed E-state index contributed by atoms with van der Waals surface area (Å²) in [7, 11) is 5.08. The zero-order chi connectivity index (χ0) is 30.0. The van der Waals surface area contributed by atoms with Crippen LogP contribution in [0.15, 0.2) is 65.5 Å². The normalized spacial score (nSPS) is 14.5. The van der Waals surface area contributed by atoms with Crippen molar-refractivity contribution in [2.45, 2.75) is 13.0 Å². The van der Waals surface area contributed by atoms with E-state index in [1.807, 2.05) is 12.1 Å². The smallest absolute Gasteiger partial charge is 0.420 e. The number of piperazine rings is 1. The summed E-state index contributed by atoms with van der Waals surface area (Å²) in [6.45, 7) is 4.48. The van der Waals surface area contributed by atoms with Gasteiger partial charge in [-0.3, -0.25) is 9.69 Å². The first kappa shape index (κ1) is 29.5. The van der Waals surface area contributed by atoms with Crippen molar-refractivity contribution in [1.29, 1.82) is 0 Å². The third-order valence-electron chi connectivity index (χ3n) is 7.22. The molecule has 0 radical (unpaired) electrons. The first-order chi connectivity index (χ1) is 20.2. The highest BCUT2D eigenvalue weighted by molar-refractivity contribution is 6.31. The van der Waals surface area contributed by atoms with Crippen LogP contribution < -0.4 is 29.7 Å². The molecule has 1 saturated heterocycles. The molecule has 2 heterocycles. The molecule has 4 aromatic rings. The van der Waals surface area contributed by atoms with Crippen molar-refractivity contribution in [1.82, 2.24) is 14.6 Å². The van der Waals surface area contributed by atoms with Gasteiger partial charge < -0.3 is 24.1 Å². The summed E-state index contributed by atoms with van der Waals surface area (Å²) in [4.78, 5) is 36.6. The van der Waals surface area contributed by atoms with Crippen LogP contribution >= 0.6 is 23.2 Å². The third kappa shape index (κ3) is 5.97. The van der Waals surface area contributed by atoms with Gasteiger partial charge in [-0.05, 0) is 68.6 Å². The SMILES string of the molecule is COc1ccc(N(C(=O)Oc2ccc(Cl)cc2)C(C)c2nc3ccc(Cl)cc3c(=O)n2N2CCN(C)CC2)c(OC)c1. The van der Waals surface area contributed by atoms with E-state index in [1.54, 1.807) is 79.4 Å². The average Bonchev–Trinajstić information content (AvgIpc) is 2.99. The van der Waals surface area contributed by atoms with Gasteiger partial charge in [0.05, 0.1) is 36.9 Å². The molecule has 0 N–H and O–H groups in total. The van der Waals surface area contributed by atoms with Crippen LogP contribution in [-0.2, 0) is 0 Å². The number of hydrogen-bond acceptors (Lipinski definition) is 8. The first-order valence-electron chi connectivity index (χ1n) is 13.3. The molecule has 1 amide bonds. The second-order valence-electron chi connectivity index (χ2n) is 9.91. The highest BCUT2D eigenvalue weighted by Gasteiger charge is 2.33. The molecule has 0 spiro atoms. The van der Waals surface area contributed by atoms with Crippen molar-refractivity contribution in [2.24, 2.45) is 0 Å². The van der Waals surface area contributed by atoms with E-state index in [2.05, 4.69) is 4.90 Å². The maximum Gasteiger partial charge on any atom is 0.420 e. The molecular formula is C30H31Cl2N5O5. The van der Waals surface area contributed by atoms with E-state index >= 15 is 0 Å². The Bertz CT molecular complexity index is 1650. The molecule has 12 heteroatoms. The predicted molar refractivity (Wildman–Crippen MR) is 164 cm³/mol. The van der Waals surface area contributed by atoms with Crippen LogP contribution in [0.3, 0.4) is 0 Å². The number of rotatable bonds is 7. The number of likely N-dealkylation sites (N-methyl/N-ethyl adjacent to an activating group) is 1. The molecule has 220 valence electrons. The Morgan fingerprint density at radius 3 is 2.24 bits per heavy atom. The number of nitrogens with zero attached hydrogens (tertiary/aromatic N) is 5. The molecule has 1 aromatic heterocycles. The maximum absolute atomic E-state index is 14.1. The van der Waals surface area contributed by atoms with Gasteiger partial charge in [0, 0.05) is 42.3 Å². The molecule has 1 fully saturated rings. The van der Waals surface area contributed by atoms with Crippen LogP contribution in [0.2, 0.25) is 10.0 Å². The van der Waals surface area contributed by atoms with E-state index in [1.165, 1.54) is 12.0 Å². The Kier molecular flexibility index (Phi) is 8.77. The fraction of sp³-hybridized carbons (Fsp3) is 0.300. The number of aromatic nitrogens is 2. The van der Waals surface area contributed by atoms with E-state index in [9.17, 15) is 9.59 Å². The molecule has 3 aromatic carbocycles. The lowest BCUT2D eigenvalue weighted by Gasteiger charge is -2.38. The minimum Gasteiger partial charge on any atom is -0.497 e. The molecule has 0 saturated carbocycles. The number of anilines is 1. The first-order valence-corrected chi connectivity index (χ1v) is 14.1. The van der Waals surface area contributed by atoms with Crippen molar-refractivity contribution in [2.75, 3.05) is 57.4 Å². The number of hydrogen-bond donors (Lipinski definition) is 0. The van der Waals surface area contributed by atoms with Gasteiger partial charge in [-0.25, -0.2) is 14.5 Å². The average molecular weight is 613 g/mol. The van der Waals surface area contributed by atoms with Gasteiger partial charge in [0.25, 0.3) is 5.56 Å². The summed E-state index contributed by atoms with van der Waals surface area (Å²) < 4.78 is 18.4. The fourth-order valence-electron chi connectivity index (χ4n) is 4.92. The summed E-state index contributed by atoms with van der Waals surface area (Å²) in [5, 5.41) is 3.28. The van der Waals surface area contributed by atoms with Crippen molar-refractivity contribution >= 4 is 45.9 Å². The molecule has 5 rings (SSSR count). The number of methoxy groups -OCH3 is 2. The van der Waals surface area contributed by atoms with Crippen molar-refractivity contribution in [3.05, 3.63) is 86.9 Å². The van der Waals surface area contributed by atoms with E-state index in [0.717, 1.165) is 13.1 Å². The van der Waals surface area contributed by atoms with Gasteiger partial charge >= 0.3 is 6.09 Å². The topological polar surface area (TPSA) is 89.4 Å². The minimum absolute atomic E-state index is 0.276. The zero-order valence-electron chi connectivity index (χ0n) is 23.7. The van der Waals surface area contributed by atoms with Crippen LogP contribution in [0.1, 0.15) is 18.8 Å². The van der Waals surface area contributed by atoms with Crippen LogP contribution in [0.5, 0.6) is 17.2 Å². The van der Waals surface area contributed by atoms with Gasteiger partial charge in [0.15, 0.2) is 5.82 Å². The van der Waals surface area contributed by atoms with Gasteiger partial charge in [-0.1, -0.05) is 23.2 Å². The van der Waals surface area contributed by atoms with E-state index in [-0.39, 0.29) is 5.56 Å². The van der Waals surface area contributed by atoms with Gasteiger partial charge in [-0.2, -0.15) is 0 Å². The lowest BCUT2D eigenvalue weighted by atomic mass is 10.1. The zero-order valence-corrected chi connectivity index (χ0v) is 25.2. The number of carbonyl (C=O) groups excluding carboxylic acids is 1. The van der Waals surface area contributed by atoms with Gasteiger partial charge in [0.2, 0.25) is 0 Å². The lowest BCUT2D eigenvalue weighted by Crippen LogP contribution is -2.55. The number of benzene rings is 3. The summed E-state index contributed by atoms with van der Waals surface area (Å²) in [5.74, 6) is 1.57. The Morgan fingerprint density at radius 2 is 1.57 bits per heavy atom. The third-order valence-corrected chi connectivity index (χ3v) is 7.71. The Balaban J connectivity index is 1.69. The quantitative estimate of drug-likeness (QED) is 0.275. The Morgan fingerprint density at radius 1 is 0.905 bits per heavy atom. The molecule has 10 nitrogen and oxygen atoms in total. The van der Waals surface area contributed by atoms with Crippen LogP contribution in [0, 0.1) is 0 Å². The Labute approximate surface area is 253 Å². The van der Waals surface area contributed by atoms with Crippen LogP contribution in [0.25, 0.3) is 10.9 Å². The van der Waals surface area contributed by atoms with Crippen molar-refractivity contribution < 1.29 is 19.0 Å². The fourth-order valence-corrected chi connectivity index (χ4v) is 5.22. The van der Waals surface area contributed by atoms with E-state index in [0.29, 0.717) is 62.8 Å². The van der Waals surface area contributed by atoms with E-state index in [4.69, 9.17) is 42.4 Å². The Hall–Kier alpha value is -3.99. The minimum atomic E-state index is -0.792. The highest BCUT2D eigenvalue weighted by Crippen LogP contribution is 2.37. The summed E-state index contributed by atoms with van der Waals surface area (Å²) in [6.07, 6.45) is -0.705. The lowest BCUT2D eigenvalue weighted by molar-refractivity contribution is 0.204. The standard InChI is InChI=1S/C30H31Cl2N5O5/c1-19(28-33-25-11-7-21(32)17-24(25)29(38)37(28)35-15-13-34(2)14-16-35)36(26-12-10-23(40-3)18-27(26)41-4)30(39)42-22-8-5-20(31)6-9-22/h5-12,17-19H,13-16H2,1-4H3. The number of ether oxygens (including phenoxy) is 3. The molecule has 1 unspecified atom stereocenters. The number of amides is 1. The summed E-state index contributed by atoms with van der Waals surface area (Å²) >= 11 is 12.3. The largest absolute Gasteiger partial charge is 0.497 e. The summed E-state index contributed by atoms with van der Waals surface area (Å²) in [5.41, 5.74) is 0.589. The second-order valence-corrected chi connectivity index (χ2v) is 10.8. The molecule has 1 aliphatic heterocycles. The molecule has 0 bridgehead atoms.